The Balaban J connectivity index is 1.69. The van der Waals surface area contributed by atoms with Crippen LogP contribution in [0.4, 0.5) is 0 Å². The zero-order valence-electron chi connectivity index (χ0n) is 13.6. The first-order valence-electron chi connectivity index (χ1n) is 7.51. The molecule has 0 aliphatic carbocycles. The van der Waals surface area contributed by atoms with Crippen LogP contribution >= 0.6 is 0 Å². The molecule has 24 heavy (non-hydrogen) atoms. The molecule has 6 nitrogen and oxygen atoms in total. The largest absolute Gasteiger partial charge is 0.497 e. The summed E-state index contributed by atoms with van der Waals surface area (Å²) in [5.41, 5.74) is 3.44. The Hall–Kier alpha value is -3.15. The van der Waals surface area contributed by atoms with Crippen LogP contribution in [0.5, 0.6) is 5.75 Å². The molecule has 0 fully saturated rings. The van der Waals surface area contributed by atoms with Gasteiger partial charge in [-0.3, -0.25) is 14.5 Å². The molecule has 1 N–H and O–H groups in total. The van der Waals surface area contributed by atoms with Crippen LogP contribution in [-0.4, -0.2) is 27.8 Å². The van der Waals surface area contributed by atoms with Gasteiger partial charge in [0.15, 0.2) is 0 Å². The summed E-state index contributed by atoms with van der Waals surface area (Å²) in [4.78, 5) is 16.5. The molecule has 0 saturated heterocycles. The molecule has 0 aliphatic heterocycles. The standard InChI is InChI=1S/C18H18N4O2/c1-22-12-16(11-21-22)15-6-13(8-19-10-15)9-20-18(23)14-4-3-5-17(7-14)24-2/h3-8,10-12H,9H2,1-2H3,(H,20,23). The molecule has 0 bridgehead atoms. The van der Waals surface area contributed by atoms with Gasteiger partial charge >= 0.3 is 0 Å². The number of carbonyl (C=O) groups excluding carboxylic acids is 1. The molecule has 0 radical (unpaired) electrons. The van der Waals surface area contributed by atoms with Gasteiger partial charge in [0.05, 0.1) is 13.3 Å². The molecule has 0 aliphatic rings. The number of hydrogen-bond donors (Lipinski definition) is 1. The number of aromatic nitrogens is 3. The second kappa shape index (κ2) is 6.95. The molecule has 2 heterocycles. The predicted octanol–water partition coefficient (Wildman–Crippen LogP) is 2.42. The summed E-state index contributed by atoms with van der Waals surface area (Å²) >= 11 is 0. The number of carbonyl (C=O) groups is 1. The molecule has 1 amide bonds. The van der Waals surface area contributed by atoms with Crippen molar-refractivity contribution < 1.29 is 9.53 Å². The number of rotatable bonds is 5. The smallest absolute Gasteiger partial charge is 0.251 e. The monoisotopic (exact) mass is 322 g/mol. The number of benzene rings is 1. The molecule has 0 spiro atoms. The van der Waals surface area contributed by atoms with E-state index < -0.39 is 0 Å². The van der Waals surface area contributed by atoms with Crippen molar-refractivity contribution in [2.75, 3.05) is 7.11 Å². The highest BCUT2D eigenvalue weighted by Crippen LogP contribution is 2.18. The third-order valence-corrected chi connectivity index (χ3v) is 3.62. The maximum atomic E-state index is 12.2. The average Bonchev–Trinajstić information content (AvgIpc) is 3.06. The average molecular weight is 322 g/mol. The van der Waals surface area contributed by atoms with Gasteiger partial charge in [-0.15, -0.1) is 0 Å². The van der Waals surface area contributed by atoms with Crippen LogP contribution in [0, 0.1) is 0 Å². The minimum Gasteiger partial charge on any atom is -0.497 e. The van der Waals surface area contributed by atoms with Gasteiger partial charge in [-0.25, -0.2) is 0 Å². The van der Waals surface area contributed by atoms with E-state index in [4.69, 9.17) is 4.74 Å². The first-order valence-corrected chi connectivity index (χ1v) is 7.51. The van der Waals surface area contributed by atoms with Crippen molar-refractivity contribution >= 4 is 5.91 Å². The van der Waals surface area contributed by atoms with Crippen LogP contribution in [0.3, 0.4) is 0 Å². The second-order valence-electron chi connectivity index (χ2n) is 5.40. The molecule has 3 aromatic rings. The van der Waals surface area contributed by atoms with Gasteiger partial charge < -0.3 is 10.1 Å². The lowest BCUT2D eigenvalue weighted by Gasteiger charge is -2.07. The van der Waals surface area contributed by atoms with Gasteiger partial charge in [-0.2, -0.15) is 5.10 Å². The molecule has 3 rings (SSSR count). The summed E-state index contributed by atoms with van der Waals surface area (Å²) < 4.78 is 6.88. The molecule has 122 valence electrons. The Labute approximate surface area is 140 Å². The summed E-state index contributed by atoms with van der Waals surface area (Å²) in [7, 11) is 3.45. The molecular weight excluding hydrogens is 304 g/mol. The second-order valence-corrected chi connectivity index (χ2v) is 5.40. The summed E-state index contributed by atoms with van der Waals surface area (Å²) in [6.45, 7) is 0.400. The summed E-state index contributed by atoms with van der Waals surface area (Å²) in [5, 5.41) is 7.06. The molecule has 0 atom stereocenters. The summed E-state index contributed by atoms with van der Waals surface area (Å²) in [6, 6.07) is 9.05. The number of methoxy groups -OCH3 is 1. The van der Waals surface area contributed by atoms with Gasteiger partial charge in [-0.1, -0.05) is 6.07 Å². The summed E-state index contributed by atoms with van der Waals surface area (Å²) in [6.07, 6.45) is 7.24. The van der Waals surface area contributed by atoms with Gasteiger partial charge in [0.2, 0.25) is 0 Å². The molecule has 0 unspecified atom stereocenters. The minimum absolute atomic E-state index is 0.152. The molecule has 6 heteroatoms. The highest BCUT2D eigenvalue weighted by atomic mass is 16.5. The van der Waals surface area contributed by atoms with Crippen molar-refractivity contribution in [3.8, 4) is 16.9 Å². The van der Waals surface area contributed by atoms with Gasteiger partial charge in [0, 0.05) is 48.9 Å². The fourth-order valence-corrected chi connectivity index (χ4v) is 2.36. The highest BCUT2D eigenvalue weighted by molar-refractivity contribution is 5.94. The number of aryl methyl sites for hydroxylation is 1. The van der Waals surface area contributed by atoms with E-state index in [2.05, 4.69) is 15.4 Å². The van der Waals surface area contributed by atoms with E-state index in [1.165, 1.54) is 0 Å². The van der Waals surface area contributed by atoms with Crippen molar-refractivity contribution in [1.82, 2.24) is 20.1 Å². The van der Waals surface area contributed by atoms with E-state index in [9.17, 15) is 4.79 Å². The third-order valence-electron chi connectivity index (χ3n) is 3.62. The topological polar surface area (TPSA) is 69.0 Å². The first-order chi connectivity index (χ1) is 11.7. The zero-order valence-corrected chi connectivity index (χ0v) is 13.6. The fourth-order valence-electron chi connectivity index (χ4n) is 2.36. The van der Waals surface area contributed by atoms with Crippen LogP contribution in [0.25, 0.3) is 11.1 Å². The lowest BCUT2D eigenvalue weighted by Crippen LogP contribution is -2.22. The number of nitrogens with zero attached hydrogens (tertiary/aromatic N) is 3. The van der Waals surface area contributed by atoms with Crippen LogP contribution in [0.15, 0.2) is 55.1 Å². The quantitative estimate of drug-likeness (QED) is 0.783. The van der Waals surface area contributed by atoms with E-state index >= 15 is 0 Å². The van der Waals surface area contributed by atoms with E-state index in [-0.39, 0.29) is 5.91 Å². The number of hydrogen-bond acceptors (Lipinski definition) is 4. The zero-order chi connectivity index (χ0) is 16.9. The molecule has 1 aromatic carbocycles. The normalized spacial score (nSPS) is 10.4. The van der Waals surface area contributed by atoms with Crippen molar-refractivity contribution in [2.24, 2.45) is 7.05 Å². The van der Waals surface area contributed by atoms with Crippen molar-refractivity contribution in [3.05, 3.63) is 66.2 Å². The van der Waals surface area contributed by atoms with Crippen LogP contribution in [0.2, 0.25) is 0 Å². The van der Waals surface area contributed by atoms with E-state index in [1.54, 1.807) is 54.6 Å². The van der Waals surface area contributed by atoms with Crippen molar-refractivity contribution in [2.45, 2.75) is 6.54 Å². The number of pyridine rings is 1. The highest BCUT2D eigenvalue weighted by Gasteiger charge is 2.07. The van der Waals surface area contributed by atoms with Gasteiger partial charge in [-0.05, 0) is 29.8 Å². The Morgan fingerprint density at radius 2 is 2.08 bits per heavy atom. The summed E-state index contributed by atoms with van der Waals surface area (Å²) in [5.74, 6) is 0.503. The first kappa shape index (κ1) is 15.7. The molecular formula is C18H18N4O2. The minimum atomic E-state index is -0.152. The number of amides is 1. The van der Waals surface area contributed by atoms with E-state index in [0.717, 1.165) is 16.7 Å². The number of nitrogens with one attached hydrogen (secondary N) is 1. The van der Waals surface area contributed by atoms with Crippen LogP contribution in [-0.2, 0) is 13.6 Å². The Kier molecular flexibility index (Phi) is 4.56. The number of ether oxygens (including phenoxy) is 1. The third kappa shape index (κ3) is 3.60. The van der Waals surface area contributed by atoms with E-state index in [0.29, 0.717) is 17.9 Å². The maximum absolute atomic E-state index is 12.2. The van der Waals surface area contributed by atoms with Crippen LogP contribution in [0.1, 0.15) is 15.9 Å². The fraction of sp³-hybridized carbons (Fsp3) is 0.167. The lowest BCUT2D eigenvalue weighted by molar-refractivity contribution is 0.0950. The Morgan fingerprint density at radius 3 is 2.83 bits per heavy atom. The molecule has 0 saturated carbocycles. The van der Waals surface area contributed by atoms with Crippen LogP contribution < -0.4 is 10.1 Å². The van der Waals surface area contributed by atoms with Gasteiger partial charge in [0.25, 0.3) is 5.91 Å². The van der Waals surface area contributed by atoms with Crippen molar-refractivity contribution in [3.63, 3.8) is 0 Å². The molecule has 2 aromatic heterocycles. The Morgan fingerprint density at radius 1 is 1.21 bits per heavy atom. The van der Waals surface area contributed by atoms with E-state index in [1.807, 2.05) is 19.3 Å². The SMILES string of the molecule is COc1cccc(C(=O)NCc2cncc(-c3cnn(C)c3)c2)c1. The van der Waals surface area contributed by atoms with Crippen molar-refractivity contribution in [1.29, 1.82) is 0 Å². The van der Waals surface area contributed by atoms with Gasteiger partial charge in [0.1, 0.15) is 5.75 Å². The predicted molar refractivity (Wildman–Crippen MR) is 90.6 cm³/mol. The Bertz CT molecular complexity index is 857. The lowest BCUT2D eigenvalue weighted by atomic mass is 10.1. The maximum Gasteiger partial charge on any atom is 0.251 e.